The number of rotatable bonds is 14. The zero-order valence-corrected chi connectivity index (χ0v) is 14.6. The topological polar surface area (TPSA) is 26.3 Å². The van der Waals surface area contributed by atoms with Crippen LogP contribution in [0.4, 0.5) is 0 Å². The van der Waals surface area contributed by atoms with Crippen LogP contribution in [0.25, 0.3) is 0 Å². The minimum atomic E-state index is -0.0547. The molecule has 0 aromatic carbocycles. The summed E-state index contributed by atoms with van der Waals surface area (Å²) >= 11 is 0. The molecule has 0 amide bonds. The minimum Gasteiger partial charge on any atom is -0.466 e. The highest BCUT2D eigenvalue weighted by atomic mass is 16.5. The second-order valence-electron chi connectivity index (χ2n) is 5.49. The largest absolute Gasteiger partial charge is 0.466 e. The van der Waals surface area contributed by atoms with Gasteiger partial charge < -0.3 is 4.74 Å². The molecule has 0 spiro atoms. The molecule has 0 saturated carbocycles. The van der Waals surface area contributed by atoms with Crippen molar-refractivity contribution >= 4 is 5.97 Å². The quantitative estimate of drug-likeness (QED) is 0.219. The summed E-state index contributed by atoms with van der Waals surface area (Å²) in [5, 5.41) is 0. The number of esters is 1. The Kier molecular flexibility index (Phi) is 16.7. The second-order valence-corrected chi connectivity index (χ2v) is 5.49. The molecule has 0 heterocycles. The van der Waals surface area contributed by atoms with Gasteiger partial charge >= 0.3 is 5.97 Å². The van der Waals surface area contributed by atoms with Crippen LogP contribution in [-0.2, 0) is 9.53 Å². The van der Waals surface area contributed by atoms with Crippen LogP contribution in [0.1, 0.15) is 78.1 Å². The molecule has 0 radical (unpaired) electrons. The maximum Gasteiger partial charge on any atom is 0.305 e. The fourth-order valence-corrected chi connectivity index (χ4v) is 2.09. The molecule has 0 saturated heterocycles. The van der Waals surface area contributed by atoms with Crippen LogP contribution >= 0.6 is 0 Å². The molecule has 0 aliphatic carbocycles. The van der Waals surface area contributed by atoms with Gasteiger partial charge in [-0.2, -0.15) is 0 Å². The monoisotopic (exact) mass is 306 g/mol. The molecule has 2 nitrogen and oxygen atoms in total. The Morgan fingerprint density at radius 3 is 2.00 bits per heavy atom. The van der Waals surface area contributed by atoms with Gasteiger partial charge in [-0.3, -0.25) is 4.79 Å². The number of hydrogen-bond acceptors (Lipinski definition) is 2. The molecule has 0 aromatic rings. The van der Waals surface area contributed by atoms with Gasteiger partial charge in [0.25, 0.3) is 0 Å². The highest BCUT2D eigenvalue weighted by Gasteiger charge is 2.00. The van der Waals surface area contributed by atoms with E-state index in [0.29, 0.717) is 13.0 Å². The van der Waals surface area contributed by atoms with Crippen LogP contribution in [-0.4, -0.2) is 12.6 Å². The molecular formula is C20H34O2. The van der Waals surface area contributed by atoms with Crippen molar-refractivity contribution in [3.8, 4) is 0 Å². The van der Waals surface area contributed by atoms with Gasteiger partial charge in [-0.1, -0.05) is 75.5 Å². The zero-order chi connectivity index (χ0) is 16.3. The average molecular weight is 306 g/mol. The maximum absolute atomic E-state index is 11.1. The fourth-order valence-electron chi connectivity index (χ4n) is 2.09. The first-order chi connectivity index (χ1) is 10.8. The van der Waals surface area contributed by atoms with Crippen molar-refractivity contribution in [2.75, 3.05) is 6.61 Å². The van der Waals surface area contributed by atoms with Crippen LogP contribution in [0.2, 0.25) is 0 Å². The molecule has 0 aliphatic rings. The van der Waals surface area contributed by atoms with E-state index in [0.717, 1.165) is 19.3 Å². The lowest BCUT2D eigenvalue weighted by Crippen LogP contribution is -2.03. The first-order valence-corrected chi connectivity index (χ1v) is 8.95. The number of hydrogen-bond donors (Lipinski definition) is 0. The van der Waals surface area contributed by atoms with E-state index in [1.165, 1.54) is 38.5 Å². The minimum absolute atomic E-state index is 0.0547. The van der Waals surface area contributed by atoms with E-state index in [-0.39, 0.29) is 5.97 Å². The van der Waals surface area contributed by atoms with Gasteiger partial charge in [0.1, 0.15) is 0 Å². The van der Waals surface area contributed by atoms with Gasteiger partial charge in [0.2, 0.25) is 0 Å². The van der Waals surface area contributed by atoms with Crippen LogP contribution in [0.15, 0.2) is 36.5 Å². The Balaban J connectivity index is 3.31. The number of unbranched alkanes of at least 4 members (excludes halogenated alkanes) is 7. The first kappa shape index (κ1) is 20.7. The van der Waals surface area contributed by atoms with E-state index in [2.05, 4.69) is 43.4 Å². The highest BCUT2D eigenvalue weighted by Crippen LogP contribution is 2.08. The Labute approximate surface area is 137 Å². The van der Waals surface area contributed by atoms with Crippen LogP contribution in [0.3, 0.4) is 0 Å². The summed E-state index contributed by atoms with van der Waals surface area (Å²) in [7, 11) is 0. The average Bonchev–Trinajstić information content (AvgIpc) is 2.51. The molecule has 0 aliphatic heterocycles. The van der Waals surface area contributed by atoms with Gasteiger partial charge in [-0.25, -0.2) is 0 Å². The normalized spacial score (nSPS) is 11.9. The molecule has 126 valence electrons. The number of ether oxygens (including phenoxy) is 1. The van der Waals surface area contributed by atoms with E-state index in [1.54, 1.807) is 0 Å². The summed E-state index contributed by atoms with van der Waals surface area (Å²) in [6.07, 6.45) is 24.1. The number of carbonyl (C=O) groups is 1. The van der Waals surface area contributed by atoms with E-state index in [1.807, 2.05) is 6.92 Å². The van der Waals surface area contributed by atoms with Crippen molar-refractivity contribution in [1.29, 1.82) is 0 Å². The van der Waals surface area contributed by atoms with Gasteiger partial charge in [0.15, 0.2) is 0 Å². The molecule has 0 fully saturated rings. The highest BCUT2D eigenvalue weighted by molar-refractivity contribution is 5.69. The molecular weight excluding hydrogens is 272 g/mol. The van der Waals surface area contributed by atoms with Crippen molar-refractivity contribution in [3.05, 3.63) is 36.5 Å². The first-order valence-electron chi connectivity index (χ1n) is 8.95. The molecule has 22 heavy (non-hydrogen) atoms. The molecule has 0 bridgehead atoms. The SMILES string of the molecule is CCCC\C=C/C=C/C=C\CCCCCCCC(=O)OCC. The summed E-state index contributed by atoms with van der Waals surface area (Å²) in [6.45, 7) is 4.56. The second kappa shape index (κ2) is 17.7. The van der Waals surface area contributed by atoms with Crippen molar-refractivity contribution in [1.82, 2.24) is 0 Å². The standard InChI is InChI=1S/C20H34O2/c1-3-5-6-7-8-9-10-11-12-13-14-15-16-17-18-19-20(21)22-4-2/h7-12H,3-6,13-19H2,1-2H3/b8-7-,10-9+,12-11-. The summed E-state index contributed by atoms with van der Waals surface area (Å²) in [6, 6.07) is 0. The van der Waals surface area contributed by atoms with E-state index >= 15 is 0 Å². The van der Waals surface area contributed by atoms with E-state index in [9.17, 15) is 4.79 Å². The van der Waals surface area contributed by atoms with E-state index < -0.39 is 0 Å². The molecule has 0 atom stereocenters. The van der Waals surface area contributed by atoms with Gasteiger partial charge in [-0.15, -0.1) is 0 Å². The predicted octanol–water partition coefficient (Wildman–Crippen LogP) is 6.14. The Bertz CT molecular complexity index is 327. The molecule has 0 unspecified atom stereocenters. The summed E-state index contributed by atoms with van der Waals surface area (Å²) in [4.78, 5) is 11.1. The van der Waals surface area contributed by atoms with Crippen molar-refractivity contribution in [2.24, 2.45) is 0 Å². The van der Waals surface area contributed by atoms with E-state index in [4.69, 9.17) is 4.74 Å². The Morgan fingerprint density at radius 1 is 0.773 bits per heavy atom. The lowest BCUT2D eigenvalue weighted by Gasteiger charge is -2.01. The van der Waals surface area contributed by atoms with Crippen LogP contribution < -0.4 is 0 Å². The molecule has 2 heteroatoms. The summed E-state index contributed by atoms with van der Waals surface area (Å²) in [5.41, 5.74) is 0. The fraction of sp³-hybridized carbons (Fsp3) is 0.650. The molecule has 0 rings (SSSR count). The smallest absolute Gasteiger partial charge is 0.305 e. The van der Waals surface area contributed by atoms with Crippen LogP contribution in [0, 0.1) is 0 Å². The molecule has 0 N–H and O–H groups in total. The van der Waals surface area contributed by atoms with Crippen molar-refractivity contribution in [2.45, 2.75) is 78.1 Å². The third-order valence-electron chi connectivity index (χ3n) is 3.39. The van der Waals surface area contributed by atoms with Crippen LogP contribution in [0.5, 0.6) is 0 Å². The number of carbonyl (C=O) groups excluding carboxylic acids is 1. The Morgan fingerprint density at radius 2 is 1.36 bits per heavy atom. The van der Waals surface area contributed by atoms with Gasteiger partial charge in [0.05, 0.1) is 6.61 Å². The Hall–Kier alpha value is -1.31. The summed E-state index contributed by atoms with van der Waals surface area (Å²) < 4.78 is 4.90. The van der Waals surface area contributed by atoms with Gasteiger partial charge in [0, 0.05) is 6.42 Å². The lowest BCUT2D eigenvalue weighted by molar-refractivity contribution is -0.143. The number of allylic oxidation sites excluding steroid dienone is 6. The third kappa shape index (κ3) is 16.7. The van der Waals surface area contributed by atoms with Gasteiger partial charge in [-0.05, 0) is 32.6 Å². The third-order valence-corrected chi connectivity index (χ3v) is 3.39. The van der Waals surface area contributed by atoms with Crippen molar-refractivity contribution in [3.63, 3.8) is 0 Å². The molecule has 0 aromatic heterocycles. The predicted molar refractivity (Wildman–Crippen MR) is 95.9 cm³/mol. The van der Waals surface area contributed by atoms with Crippen molar-refractivity contribution < 1.29 is 9.53 Å². The summed E-state index contributed by atoms with van der Waals surface area (Å²) in [5.74, 6) is -0.0547. The zero-order valence-electron chi connectivity index (χ0n) is 14.6. The maximum atomic E-state index is 11.1. The lowest BCUT2D eigenvalue weighted by atomic mass is 10.1.